The van der Waals surface area contributed by atoms with E-state index < -0.39 is 0 Å². The van der Waals surface area contributed by atoms with Crippen LogP contribution in [0.15, 0.2) is 133 Å². The first-order chi connectivity index (χ1) is 23.2. The molecule has 0 saturated heterocycles. The summed E-state index contributed by atoms with van der Waals surface area (Å²) in [6, 6.07) is 51.7. The summed E-state index contributed by atoms with van der Waals surface area (Å²) in [4.78, 5) is 0. The summed E-state index contributed by atoms with van der Waals surface area (Å²) in [5, 5.41) is 14.7. The molecule has 7 aromatic rings. The van der Waals surface area contributed by atoms with Crippen LogP contribution in [-0.4, -0.2) is 4.57 Å². The molecule has 6 aromatic carbocycles. The van der Waals surface area contributed by atoms with E-state index in [-0.39, 0.29) is 5.41 Å². The highest BCUT2D eigenvalue weighted by molar-refractivity contribution is 6.09. The second kappa shape index (κ2) is 10.2. The molecular formula is C45H36N2. The van der Waals surface area contributed by atoms with Gasteiger partial charge in [-0.1, -0.05) is 84.9 Å². The third-order valence-electron chi connectivity index (χ3n) is 12.2. The van der Waals surface area contributed by atoms with Gasteiger partial charge in [0.15, 0.2) is 0 Å². The fourth-order valence-corrected chi connectivity index (χ4v) is 10.6. The average Bonchev–Trinajstić information content (AvgIpc) is 3.45. The molecule has 0 spiro atoms. The molecule has 1 aromatic heterocycles. The highest BCUT2D eigenvalue weighted by Crippen LogP contribution is 2.65. The number of para-hydroxylation sites is 2. The van der Waals surface area contributed by atoms with Gasteiger partial charge in [0, 0.05) is 21.9 Å². The van der Waals surface area contributed by atoms with Crippen LogP contribution in [0, 0.1) is 35.0 Å². The number of fused-ring (bicyclic) bond motifs is 4. The maximum atomic E-state index is 9.45. The van der Waals surface area contributed by atoms with Gasteiger partial charge in [-0.3, -0.25) is 0 Å². The van der Waals surface area contributed by atoms with Crippen LogP contribution in [-0.2, 0) is 5.41 Å². The zero-order valence-electron chi connectivity index (χ0n) is 26.4. The van der Waals surface area contributed by atoms with Gasteiger partial charge in [0.05, 0.1) is 22.7 Å². The molecule has 0 radical (unpaired) electrons. The van der Waals surface area contributed by atoms with Crippen molar-refractivity contribution < 1.29 is 0 Å². The molecule has 226 valence electrons. The van der Waals surface area contributed by atoms with Crippen molar-refractivity contribution in [3.8, 4) is 22.9 Å². The topological polar surface area (TPSA) is 28.7 Å². The highest BCUT2D eigenvalue weighted by Gasteiger charge is 2.58. The number of hydrogen-bond acceptors (Lipinski definition) is 1. The molecule has 1 heterocycles. The van der Waals surface area contributed by atoms with Gasteiger partial charge in [0.25, 0.3) is 0 Å². The van der Waals surface area contributed by atoms with Gasteiger partial charge in [-0.2, -0.15) is 5.26 Å². The molecule has 4 saturated carbocycles. The second-order valence-corrected chi connectivity index (χ2v) is 14.6. The standard InChI is InChI=1S/C45H36N2/c46-28-29-7-6-8-32(20-29)33-13-14-35-26-36(16-15-34(35)25-33)45(38-21-30-19-31(23-38)24-39(45)22-30)37-17-18-44-42(27-37)41-11-4-5-12-43(41)47(44)40-9-2-1-3-10-40/h1-18,20,25-27,30-31,38-39H,19,21-24H2. The lowest BCUT2D eigenvalue weighted by atomic mass is 9.42. The van der Waals surface area contributed by atoms with E-state index in [0.717, 1.165) is 23.0 Å². The van der Waals surface area contributed by atoms with Crippen molar-refractivity contribution in [1.29, 1.82) is 5.26 Å². The number of aromatic nitrogens is 1. The zero-order chi connectivity index (χ0) is 31.1. The quantitative estimate of drug-likeness (QED) is 0.196. The van der Waals surface area contributed by atoms with Crippen LogP contribution >= 0.6 is 0 Å². The molecule has 4 aliphatic rings. The van der Waals surface area contributed by atoms with Crippen molar-refractivity contribution in [3.05, 3.63) is 150 Å². The Morgan fingerprint density at radius 3 is 2.00 bits per heavy atom. The monoisotopic (exact) mass is 604 g/mol. The molecule has 2 nitrogen and oxygen atoms in total. The molecule has 11 rings (SSSR count). The van der Waals surface area contributed by atoms with E-state index in [1.54, 1.807) is 0 Å². The molecule has 0 atom stereocenters. The smallest absolute Gasteiger partial charge is 0.0991 e. The van der Waals surface area contributed by atoms with E-state index in [0.29, 0.717) is 17.4 Å². The molecule has 0 N–H and O–H groups in total. The van der Waals surface area contributed by atoms with Crippen molar-refractivity contribution in [2.24, 2.45) is 23.7 Å². The third-order valence-corrected chi connectivity index (χ3v) is 12.2. The predicted molar refractivity (Wildman–Crippen MR) is 193 cm³/mol. The van der Waals surface area contributed by atoms with Crippen LogP contribution in [0.3, 0.4) is 0 Å². The Hall–Kier alpha value is -5.13. The summed E-state index contributed by atoms with van der Waals surface area (Å²) in [7, 11) is 0. The van der Waals surface area contributed by atoms with Crippen molar-refractivity contribution in [2.75, 3.05) is 0 Å². The number of nitriles is 1. The molecular weight excluding hydrogens is 569 g/mol. The minimum atomic E-state index is 0.0194. The Balaban J connectivity index is 1.17. The maximum Gasteiger partial charge on any atom is 0.0991 e. The number of rotatable bonds is 4. The molecule has 47 heavy (non-hydrogen) atoms. The fraction of sp³-hybridized carbons (Fsp3) is 0.222. The molecule has 0 unspecified atom stereocenters. The first kappa shape index (κ1) is 27.0. The van der Waals surface area contributed by atoms with E-state index in [9.17, 15) is 5.26 Å². The van der Waals surface area contributed by atoms with Crippen LogP contribution < -0.4 is 0 Å². The number of nitrogens with zero attached hydrogens (tertiary/aromatic N) is 2. The summed E-state index contributed by atoms with van der Waals surface area (Å²) in [5.41, 5.74) is 9.75. The first-order valence-electron chi connectivity index (χ1n) is 17.3. The van der Waals surface area contributed by atoms with Gasteiger partial charge in [0.1, 0.15) is 0 Å². The average molecular weight is 605 g/mol. The number of benzene rings is 6. The van der Waals surface area contributed by atoms with Crippen LogP contribution in [0.5, 0.6) is 0 Å². The van der Waals surface area contributed by atoms with Gasteiger partial charge in [-0.25, -0.2) is 0 Å². The molecule has 0 amide bonds. The van der Waals surface area contributed by atoms with E-state index in [2.05, 4.69) is 126 Å². The molecule has 2 heteroatoms. The van der Waals surface area contributed by atoms with E-state index >= 15 is 0 Å². The Labute approximate surface area is 275 Å². The minimum Gasteiger partial charge on any atom is -0.309 e. The fourth-order valence-electron chi connectivity index (χ4n) is 10.6. The van der Waals surface area contributed by atoms with E-state index in [4.69, 9.17) is 0 Å². The molecule has 4 fully saturated rings. The number of hydrogen-bond donors (Lipinski definition) is 0. The molecule has 0 aliphatic heterocycles. The van der Waals surface area contributed by atoms with E-state index in [1.165, 1.54) is 81.5 Å². The lowest BCUT2D eigenvalue weighted by molar-refractivity contribution is -0.0417. The summed E-state index contributed by atoms with van der Waals surface area (Å²) >= 11 is 0. The van der Waals surface area contributed by atoms with Gasteiger partial charge in [-0.15, -0.1) is 0 Å². The zero-order valence-corrected chi connectivity index (χ0v) is 26.4. The maximum absolute atomic E-state index is 9.45. The van der Waals surface area contributed by atoms with Crippen molar-refractivity contribution in [1.82, 2.24) is 4.57 Å². The second-order valence-electron chi connectivity index (χ2n) is 14.6. The lowest BCUT2D eigenvalue weighted by Gasteiger charge is -2.62. The van der Waals surface area contributed by atoms with Crippen molar-refractivity contribution >= 4 is 32.6 Å². The van der Waals surface area contributed by atoms with Gasteiger partial charge < -0.3 is 4.57 Å². The first-order valence-corrected chi connectivity index (χ1v) is 17.3. The lowest BCUT2D eigenvalue weighted by Crippen LogP contribution is -2.56. The Kier molecular flexibility index (Phi) is 5.86. The van der Waals surface area contributed by atoms with Crippen LogP contribution in [0.1, 0.15) is 48.8 Å². The van der Waals surface area contributed by atoms with Crippen LogP contribution in [0.25, 0.3) is 49.4 Å². The SMILES string of the molecule is N#Cc1cccc(-c2ccc3cc(C4(c5ccc6c(c5)c5ccccc5n6-c5ccccc5)C5CC6CC(C5)CC4C6)ccc3c2)c1. The minimum absolute atomic E-state index is 0.0194. The summed E-state index contributed by atoms with van der Waals surface area (Å²) in [6.45, 7) is 0. The molecule has 4 bridgehead atoms. The van der Waals surface area contributed by atoms with Crippen LogP contribution in [0.4, 0.5) is 0 Å². The van der Waals surface area contributed by atoms with Crippen molar-refractivity contribution in [3.63, 3.8) is 0 Å². The largest absolute Gasteiger partial charge is 0.309 e. The van der Waals surface area contributed by atoms with Crippen LogP contribution in [0.2, 0.25) is 0 Å². The summed E-state index contributed by atoms with van der Waals surface area (Å²) in [6.07, 6.45) is 6.85. The van der Waals surface area contributed by atoms with Crippen molar-refractivity contribution in [2.45, 2.75) is 37.5 Å². The normalized spacial score (nSPS) is 24.7. The summed E-state index contributed by atoms with van der Waals surface area (Å²) in [5.74, 6) is 3.12. The third kappa shape index (κ3) is 3.96. The van der Waals surface area contributed by atoms with E-state index in [1.807, 2.05) is 18.2 Å². The molecule has 4 aliphatic carbocycles. The Morgan fingerprint density at radius 2 is 1.19 bits per heavy atom. The highest BCUT2D eigenvalue weighted by atomic mass is 15.0. The van der Waals surface area contributed by atoms with Gasteiger partial charge >= 0.3 is 0 Å². The van der Waals surface area contributed by atoms with Gasteiger partial charge in [0.2, 0.25) is 0 Å². The van der Waals surface area contributed by atoms with Gasteiger partial charge in [-0.05, 0) is 137 Å². The Bertz CT molecular complexity index is 2360. The predicted octanol–water partition coefficient (Wildman–Crippen LogP) is 11.2. The Morgan fingerprint density at radius 1 is 0.532 bits per heavy atom. The summed E-state index contributed by atoms with van der Waals surface area (Å²) < 4.78 is 2.44.